The van der Waals surface area contributed by atoms with Crippen molar-refractivity contribution in [3.05, 3.63) is 44.1 Å². The van der Waals surface area contributed by atoms with Gasteiger partial charge < -0.3 is 15.8 Å². The van der Waals surface area contributed by atoms with Gasteiger partial charge in [0.05, 0.1) is 27.5 Å². The van der Waals surface area contributed by atoms with Crippen molar-refractivity contribution in [2.75, 3.05) is 12.4 Å². The number of ether oxygens (including phenoxy) is 1. The molecule has 3 N–H and O–H groups in total. The van der Waals surface area contributed by atoms with E-state index in [9.17, 15) is 4.79 Å². The molecular weight excluding hydrogens is 331 g/mol. The quantitative estimate of drug-likeness (QED) is 0.847. The summed E-state index contributed by atoms with van der Waals surface area (Å²) < 4.78 is 6.54. The van der Waals surface area contributed by atoms with Crippen LogP contribution in [0.2, 0.25) is 8.67 Å². The first kappa shape index (κ1) is 15.9. The van der Waals surface area contributed by atoms with Crippen molar-refractivity contribution in [3.63, 3.8) is 0 Å². The number of hydrogen-bond acceptors (Lipinski definition) is 4. The number of nitrogens with one attached hydrogen (secondary N) is 1. The molecule has 1 aromatic carbocycles. The number of halogens is 2. The number of thiophene rings is 1. The first-order valence-corrected chi connectivity index (χ1v) is 7.68. The zero-order valence-corrected chi connectivity index (χ0v) is 13.8. The summed E-state index contributed by atoms with van der Waals surface area (Å²) in [6.07, 6.45) is 0. The predicted octanol–water partition coefficient (Wildman–Crippen LogP) is 4.34. The Balaban J connectivity index is 2.31. The van der Waals surface area contributed by atoms with Crippen molar-refractivity contribution in [2.24, 2.45) is 5.73 Å². The van der Waals surface area contributed by atoms with Gasteiger partial charge in [-0.05, 0) is 31.2 Å². The molecule has 1 unspecified atom stereocenters. The van der Waals surface area contributed by atoms with E-state index in [1.54, 1.807) is 25.3 Å². The zero-order chi connectivity index (χ0) is 15.6. The molecule has 0 saturated heterocycles. The highest BCUT2D eigenvalue weighted by atomic mass is 35.5. The Morgan fingerprint density at radius 1 is 1.38 bits per heavy atom. The third kappa shape index (κ3) is 3.61. The van der Waals surface area contributed by atoms with E-state index in [0.717, 1.165) is 5.56 Å². The standard InChI is InChI=1S/C14H14Cl2N2O2S/c1-7(9-6-12(15)21-13(9)16)18-10-5-8(14(17)19)3-4-11(10)20-2/h3-7,18H,1-2H3,(H2,17,19). The molecule has 0 bridgehead atoms. The van der Waals surface area contributed by atoms with Gasteiger partial charge in [-0.3, -0.25) is 4.79 Å². The number of nitrogens with two attached hydrogens (primary N) is 1. The normalized spacial score (nSPS) is 12.0. The first-order valence-electron chi connectivity index (χ1n) is 6.11. The van der Waals surface area contributed by atoms with Gasteiger partial charge in [-0.15, -0.1) is 11.3 Å². The van der Waals surface area contributed by atoms with Gasteiger partial charge in [-0.1, -0.05) is 23.2 Å². The second-order valence-corrected chi connectivity index (χ2v) is 6.71. The van der Waals surface area contributed by atoms with E-state index in [1.807, 2.05) is 13.0 Å². The van der Waals surface area contributed by atoms with E-state index in [0.29, 0.717) is 25.7 Å². The highest BCUT2D eigenvalue weighted by molar-refractivity contribution is 7.20. The molecule has 2 rings (SSSR count). The molecule has 4 nitrogen and oxygen atoms in total. The van der Waals surface area contributed by atoms with Crippen LogP contribution in [-0.2, 0) is 0 Å². The lowest BCUT2D eigenvalue weighted by Gasteiger charge is -2.18. The van der Waals surface area contributed by atoms with E-state index in [4.69, 9.17) is 33.7 Å². The van der Waals surface area contributed by atoms with Crippen LogP contribution in [0.25, 0.3) is 0 Å². The minimum atomic E-state index is -0.495. The van der Waals surface area contributed by atoms with Crippen molar-refractivity contribution in [1.29, 1.82) is 0 Å². The molecule has 0 fully saturated rings. The molecule has 0 saturated carbocycles. The van der Waals surface area contributed by atoms with Crippen molar-refractivity contribution in [3.8, 4) is 5.75 Å². The number of primary amides is 1. The van der Waals surface area contributed by atoms with E-state index in [1.165, 1.54) is 11.3 Å². The summed E-state index contributed by atoms with van der Waals surface area (Å²) in [6.45, 7) is 1.95. The lowest BCUT2D eigenvalue weighted by Crippen LogP contribution is -2.13. The lowest BCUT2D eigenvalue weighted by molar-refractivity contribution is 0.100. The van der Waals surface area contributed by atoms with Crippen molar-refractivity contribution in [2.45, 2.75) is 13.0 Å². The second-order valence-electron chi connectivity index (χ2n) is 4.42. The first-order chi connectivity index (χ1) is 9.92. The monoisotopic (exact) mass is 344 g/mol. The molecule has 2 aromatic rings. The van der Waals surface area contributed by atoms with E-state index >= 15 is 0 Å². The summed E-state index contributed by atoms with van der Waals surface area (Å²) >= 11 is 13.4. The maximum Gasteiger partial charge on any atom is 0.248 e. The van der Waals surface area contributed by atoms with Gasteiger partial charge in [-0.25, -0.2) is 0 Å². The van der Waals surface area contributed by atoms with Gasteiger partial charge in [0.25, 0.3) is 0 Å². The third-order valence-electron chi connectivity index (χ3n) is 3.01. The van der Waals surface area contributed by atoms with Crippen LogP contribution in [0.4, 0.5) is 5.69 Å². The molecule has 0 aliphatic heterocycles. The van der Waals surface area contributed by atoms with Gasteiger partial charge in [0.1, 0.15) is 5.75 Å². The van der Waals surface area contributed by atoms with Crippen LogP contribution in [0, 0.1) is 0 Å². The Kier molecular flexibility index (Phi) is 4.98. The SMILES string of the molecule is COc1ccc(C(N)=O)cc1NC(C)c1cc(Cl)sc1Cl. The molecular formula is C14H14Cl2N2O2S. The predicted molar refractivity (Wildman–Crippen MR) is 87.9 cm³/mol. The summed E-state index contributed by atoms with van der Waals surface area (Å²) in [5.74, 6) is 0.120. The smallest absolute Gasteiger partial charge is 0.248 e. The summed E-state index contributed by atoms with van der Waals surface area (Å²) in [5.41, 5.74) is 7.26. The molecule has 0 aliphatic carbocycles. The Hall–Kier alpha value is -1.43. The van der Waals surface area contributed by atoms with Gasteiger partial charge in [0, 0.05) is 11.1 Å². The fraction of sp³-hybridized carbons (Fsp3) is 0.214. The molecule has 1 amide bonds. The molecule has 0 radical (unpaired) electrons. The number of methoxy groups -OCH3 is 1. The number of amides is 1. The zero-order valence-electron chi connectivity index (χ0n) is 11.4. The Morgan fingerprint density at radius 2 is 2.10 bits per heavy atom. The van der Waals surface area contributed by atoms with Crippen LogP contribution in [-0.4, -0.2) is 13.0 Å². The van der Waals surface area contributed by atoms with E-state index < -0.39 is 5.91 Å². The van der Waals surface area contributed by atoms with Crippen LogP contribution >= 0.6 is 34.5 Å². The van der Waals surface area contributed by atoms with Crippen LogP contribution in [0.1, 0.15) is 28.9 Å². The molecule has 0 aliphatic rings. The minimum Gasteiger partial charge on any atom is -0.495 e. The number of hydrogen-bond donors (Lipinski definition) is 2. The molecule has 1 aromatic heterocycles. The molecule has 1 atom stereocenters. The minimum absolute atomic E-state index is 0.0988. The van der Waals surface area contributed by atoms with Gasteiger partial charge in [0.2, 0.25) is 5.91 Å². The molecule has 1 heterocycles. The Bertz CT molecular complexity index is 673. The number of anilines is 1. The fourth-order valence-corrected chi connectivity index (χ4v) is 3.58. The summed E-state index contributed by atoms with van der Waals surface area (Å²) in [4.78, 5) is 11.3. The summed E-state index contributed by atoms with van der Waals surface area (Å²) in [6, 6.07) is 6.68. The number of carbonyl (C=O) groups excluding carboxylic acids is 1. The van der Waals surface area contributed by atoms with Crippen molar-refractivity contribution in [1.82, 2.24) is 0 Å². The second kappa shape index (κ2) is 6.56. The highest BCUT2D eigenvalue weighted by Gasteiger charge is 2.16. The number of benzene rings is 1. The van der Waals surface area contributed by atoms with Crippen LogP contribution in [0.15, 0.2) is 24.3 Å². The maximum atomic E-state index is 11.3. The Labute approximate surface area is 136 Å². The fourth-order valence-electron chi connectivity index (χ4n) is 1.93. The van der Waals surface area contributed by atoms with Gasteiger partial charge >= 0.3 is 0 Å². The number of rotatable bonds is 5. The average Bonchev–Trinajstić information content (AvgIpc) is 2.77. The van der Waals surface area contributed by atoms with Gasteiger partial charge in [-0.2, -0.15) is 0 Å². The average molecular weight is 345 g/mol. The van der Waals surface area contributed by atoms with Crippen LogP contribution in [0.3, 0.4) is 0 Å². The summed E-state index contributed by atoms with van der Waals surface area (Å²) in [5, 5.41) is 3.26. The largest absolute Gasteiger partial charge is 0.495 e. The third-order valence-corrected chi connectivity index (χ3v) is 4.52. The van der Waals surface area contributed by atoms with Crippen molar-refractivity contribution < 1.29 is 9.53 Å². The number of carbonyl (C=O) groups is 1. The lowest BCUT2D eigenvalue weighted by atomic mass is 10.1. The maximum absolute atomic E-state index is 11.3. The van der Waals surface area contributed by atoms with E-state index in [-0.39, 0.29) is 6.04 Å². The molecule has 21 heavy (non-hydrogen) atoms. The van der Waals surface area contributed by atoms with Crippen LogP contribution in [0.5, 0.6) is 5.75 Å². The Morgan fingerprint density at radius 3 is 2.62 bits per heavy atom. The van der Waals surface area contributed by atoms with E-state index in [2.05, 4.69) is 5.32 Å². The van der Waals surface area contributed by atoms with Gasteiger partial charge in [0.15, 0.2) is 0 Å². The topological polar surface area (TPSA) is 64.3 Å². The summed E-state index contributed by atoms with van der Waals surface area (Å²) in [7, 11) is 1.56. The van der Waals surface area contributed by atoms with Crippen molar-refractivity contribution >= 4 is 46.1 Å². The highest BCUT2D eigenvalue weighted by Crippen LogP contribution is 2.37. The molecule has 7 heteroatoms. The molecule has 0 spiro atoms. The van der Waals surface area contributed by atoms with Crippen LogP contribution < -0.4 is 15.8 Å². The molecule has 112 valence electrons.